The topological polar surface area (TPSA) is 27.7 Å². The van der Waals surface area contributed by atoms with Gasteiger partial charge in [0.15, 0.2) is 0 Å². The number of ether oxygens (including phenoxy) is 1. The molecule has 1 aromatic carbocycles. The van der Waals surface area contributed by atoms with Crippen molar-refractivity contribution in [2.45, 2.75) is 38.3 Å². The maximum Gasteiger partial charge on any atom is 0.118 e. The number of nitrogens with zero attached hydrogens (tertiary/aromatic N) is 2. The summed E-state index contributed by atoms with van der Waals surface area (Å²) in [5.74, 6) is 0.947. The van der Waals surface area contributed by atoms with Crippen molar-refractivity contribution in [3.8, 4) is 5.75 Å². The molecule has 2 aliphatic rings. The van der Waals surface area contributed by atoms with Crippen LogP contribution in [0.5, 0.6) is 5.75 Å². The van der Waals surface area contributed by atoms with E-state index in [0.29, 0.717) is 0 Å². The lowest BCUT2D eigenvalue weighted by atomic mass is 9.98. The fourth-order valence-electron chi connectivity index (χ4n) is 3.83. The minimum Gasteiger partial charge on any atom is -0.497 e. The molecule has 1 atom stereocenters. The van der Waals surface area contributed by atoms with Crippen LogP contribution >= 0.6 is 0 Å². The van der Waals surface area contributed by atoms with Crippen LogP contribution in [0.25, 0.3) is 0 Å². The molecule has 0 unspecified atom stereocenters. The molecule has 0 saturated carbocycles. The van der Waals surface area contributed by atoms with Crippen LogP contribution in [0.3, 0.4) is 0 Å². The first-order chi connectivity index (χ1) is 11.3. The molecule has 0 spiro atoms. The highest BCUT2D eigenvalue weighted by Gasteiger charge is 2.23. The first-order valence-electron chi connectivity index (χ1n) is 9.15. The Morgan fingerprint density at radius 2 is 1.87 bits per heavy atom. The minimum absolute atomic E-state index is 0.751. The Hall–Kier alpha value is -1.10. The monoisotopic (exact) mass is 317 g/mol. The normalized spacial score (nSPS) is 23.8. The third-order valence-corrected chi connectivity index (χ3v) is 5.28. The lowest BCUT2D eigenvalue weighted by Gasteiger charge is -2.37. The van der Waals surface area contributed by atoms with Gasteiger partial charge < -0.3 is 15.0 Å². The number of piperidine rings is 1. The Morgan fingerprint density at radius 1 is 1.09 bits per heavy atom. The van der Waals surface area contributed by atoms with Crippen LogP contribution in [0.15, 0.2) is 24.3 Å². The second kappa shape index (κ2) is 8.67. The lowest BCUT2D eigenvalue weighted by molar-refractivity contribution is 0.115. The minimum atomic E-state index is 0.751. The van der Waals surface area contributed by atoms with Gasteiger partial charge in [-0.3, -0.25) is 4.90 Å². The number of likely N-dealkylation sites (tertiary alicyclic amines) is 1. The Labute approximate surface area is 140 Å². The number of nitrogens with one attached hydrogen (secondary N) is 1. The van der Waals surface area contributed by atoms with E-state index in [0.717, 1.165) is 31.4 Å². The summed E-state index contributed by atoms with van der Waals surface area (Å²) in [5, 5.41) is 3.44. The van der Waals surface area contributed by atoms with E-state index in [2.05, 4.69) is 39.4 Å². The fraction of sp³-hybridized carbons (Fsp3) is 0.684. The van der Waals surface area contributed by atoms with E-state index in [9.17, 15) is 0 Å². The van der Waals surface area contributed by atoms with Gasteiger partial charge in [-0.1, -0.05) is 18.6 Å². The van der Waals surface area contributed by atoms with Crippen LogP contribution in [0.2, 0.25) is 0 Å². The predicted molar refractivity (Wildman–Crippen MR) is 95.0 cm³/mol. The summed E-state index contributed by atoms with van der Waals surface area (Å²) in [6, 6.07) is 9.33. The van der Waals surface area contributed by atoms with E-state index in [1.54, 1.807) is 7.11 Å². The SMILES string of the molecule is COc1ccc(CN2CCCC[C@@H]2CCN2CCNCC2)cc1. The van der Waals surface area contributed by atoms with E-state index in [1.807, 2.05) is 0 Å². The third kappa shape index (κ3) is 4.93. The lowest BCUT2D eigenvalue weighted by Crippen LogP contribution is -2.46. The van der Waals surface area contributed by atoms with Gasteiger partial charge in [-0.15, -0.1) is 0 Å². The van der Waals surface area contributed by atoms with E-state index in [-0.39, 0.29) is 0 Å². The summed E-state index contributed by atoms with van der Waals surface area (Å²) in [6.45, 7) is 8.32. The molecule has 23 heavy (non-hydrogen) atoms. The zero-order valence-electron chi connectivity index (χ0n) is 14.5. The van der Waals surface area contributed by atoms with Gasteiger partial charge in [0.05, 0.1) is 7.11 Å². The molecule has 3 rings (SSSR count). The molecule has 0 bridgehead atoms. The van der Waals surface area contributed by atoms with Crippen LogP contribution in [0.1, 0.15) is 31.2 Å². The maximum absolute atomic E-state index is 5.26. The second-order valence-corrected chi connectivity index (χ2v) is 6.85. The van der Waals surface area contributed by atoms with E-state index >= 15 is 0 Å². The van der Waals surface area contributed by atoms with Crippen molar-refractivity contribution in [1.82, 2.24) is 15.1 Å². The van der Waals surface area contributed by atoms with Crippen molar-refractivity contribution >= 4 is 0 Å². The fourth-order valence-corrected chi connectivity index (χ4v) is 3.83. The molecule has 4 heteroatoms. The molecule has 2 fully saturated rings. The molecule has 0 radical (unpaired) electrons. The molecule has 2 saturated heterocycles. The average molecular weight is 317 g/mol. The molecule has 2 heterocycles. The van der Waals surface area contributed by atoms with Crippen LogP contribution in [0, 0.1) is 0 Å². The van der Waals surface area contributed by atoms with Gasteiger partial charge >= 0.3 is 0 Å². The summed E-state index contributed by atoms with van der Waals surface area (Å²) in [6.07, 6.45) is 5.42. The van der Waals surface area contributed by atoms with Crippen molar-refractivity contribution < 1.29 is 4.74 Å². The number of benzene rings is 1. The summed E-state index contributed by atoms with van der Waals surface area (Å²) in [7, 11) is 1.73. The largest absolute Gasteiger partial charge is 0.497 e. The number of hydrogen-bond acceptors (Lipinski definition) is 4. The quantitative estimate of drug-likeness (QED) is 0.872. The van der Waals surface area contributed by atoms with Crippen LogP contribution < -0.4 is 10.1 Å². The summed E-state index contributed by atoms with van der Waals surface area (Å²) < 4.78 is 5.26. The Bertz CT molecular complexity index is 456. The number of rotatable bonds is 6. The van der Waals surface area contributed by atoms with Crippen molar-refractivity contribution in [2.24, 2.45) is 0 Å². The third-order valence-electron chi connectivity index (χ3n) is 5.28. The van der Waals surface area contributed by atoms with Gasteiger partial charge in [-0.2, -0.15) is 0 Å². The Balaban J connectivity index is 1.52. The van der Waals surface area contributed by atoms with Crippen molar-refractivity contribution in [1.29, 1.82) is 0 Å². The standard InChI is InChI=1S/C19H31N3O/c1-23-19-7-5-17(6-8-19)16-22-12-3-2-4-18(22)9-13-21-14-10-20-11-15-21/h5-8,18,20H,2-4,9-16H2,1H3/t18-/m1/s1. The van der Waals surface area contributed by atoms with Gasteiger partial charge in [0, 0.05) is 38.8 Å². The Morgan fingerprint density at radius 3 is 2.61 bits per heavy atom. The van der Waals surface area contributed by atoms with E-state index in [1.165, 1.54) is 57.4 Å². The average Bonchev–Trinajstić information content (AvgIpc) is 2.62. The molecule has 0 amide bonds. The number of hydrogen-bond donors (Lipinski definition) is 1. The molecule has 1 aromatic rings. The highest BCUT2D eigenvalue weighted by atomic mass is 16.5. The van der Waals surface area contributed by atoms with Gasteiger partial charge in [-0.05, 0) is 50.0 Å². The number of piperazine rings is 1. The second-order valence-electron chi connectivity index (χ2n) is 6.85. The van der Waals surface area contributed by atoms with Crippen LogP contribution in [0.4, 0.5) is 0 Å². The summed E-state index contributed by atoms with van der Waals surface area (Å²) in [4.78, 5) is 5.32. The van der Waals surface area contributed by atoms with Gasteiger partial charge in [0.2, 0.25) is 0 Å². The number of methoxy groups -OCH3 is 1. The van der Waals surface area contributed by atoms with E-state index in [4.69, 9.17) is 4.74 Å². The first-order valence-corrected chi connectivity index (χ1v) is 9.15. The predicted octanol–water partition coefficient (Wildman–Crippen LogP) is 2.34. The molecular formula is C19H31N3O. The summed E-state index contributed by atoms with van der Waals surface area (Å²) >= 11 is 0. The van der Waals surface area contributed by atoms with Crippen molar-refractivity contribution in [2.75, 3.05) is 46.4 Å². The van der Waals surface area contributed by atoms with Crippen molar-refractivity contribution in [3.63, 3.8) is 0 Å². The zero-order chi connectivity index (χ0) is 15.9. The van der Waals surface area contributed by atoms with Gasteiger partial charge in [-0.25, -0.2) is 0 Å². The van der Waals surface area contributed by atoms with Crippen LogP contribution in [-0.2, 0) is 6.54 Å². The molecule has 0 aliphatic carbocycles. The molecular weight excluding hydrogens is 286 g/mol. The molecule has 1 N–H and O–H groups in total. The van der Waals surface area contributed by atoms with E-state index < -0.39 is 0 Å². The molecule has 128 valence electrons. The van der Waals surface area contributed by atoms with Gasteiger partial charge in [0.1, 0.15) is 5.75 Å². The molecule has 0 aromatic heterocycles. The summed E-state index contributed by atoms with van der Waals surface area (Å²) in [5.41, 5.74) is 1.40. The van der Waals surface area contributed by atoms with Crippen LogP contribution in [-0.4, -0.2) is 62.2 Å². The highest BCUT2D eigenvalue weighted by molar-refractivity contribution is 5.27. The smallest absolute Gasteiger partial charge is 0.118 e. The van der Waals surface area contributed by atoms with Crippen molar-refractivity contribution in [3.05, 3.63) is 29.8 Å². The maximum atomic E-state index is 5.26. The highest BCUT2D eigenvalue weighted by Crippen LogP contribution is 2.23. The zero-order valence-corrected chi connectivity index (χ0v) is 14.5. The molecule has 2 aliphatic heterocycles. The Kier molecular flexibility index (Phi) is 6.31. The molecule has 4 nitrogen and oxygen atoms in total. The van der Waals surface area contributed by atoms with Gasteiger partial charge in [0.25, 0.3) is 0 Å². The first kappa shape index (κ1) is 16.7.